The third kappa shape index (κ3) is 6.58. The van der Waals surface area contributed by atoms with Gasteiger partial charge in [0.2, 0.25) is 0 Å². The van der Waals surface area contributed by atoms with Crippen molar-refractivity contribution in [1.29, 1.82) is 0 Å². The van der Waals surface area contributed by atoms with Crippen molar-refractivity contribution in [3.63, 3.8) is 0 Å². The maximum Gasteiger partial charge on any atom is 0.179 e. The lowest BCUT2D eigenvalue weighted by Crippen LogP contribution is -2.26. The van der Waals surface area contributed by atoms with Crippen LogP contribution in [0, 0.1) is 0 Å². The Morgan fingerprint density at radius 2 is 2.00 bits per heavy atom. The van der Waals surface area contributed by atoms with Gasteiger partial charge in [-0.3, -0.25) is 0 Å². The highest BCUT2D eigenvalue weighted by Gasteiger charge is 2.12. The summed E-state index contributed by atoms with van der Waals surface area (Å²) in [5.74, 6) is 0. The lowest BCUT2D eigenvalue weighted by atomic mass is 10.2. The molecule has 0 fully saturated rings. The third-order valence-corrected chi connectivity index (χ3v) is 3.80. The predicted molar refractivity (Wildman–Crippen MR) is 49.3 cm³/mol. The van der Waals surface area contributed by atoms with E-state index in [1.807, 2.05) is 0 Å². The minimum absolute atomic E-state index is 0.00846. The summed E-state index contributed by atoms with van der Waals surface area (Å²) in [6.07, 6.45) is 1.03. The van der Waals surface area contributed by atoms with E-state index in [2.05, 4.69) is 27.7 Å². The third-order valence-electron chi connectivity index (χ3n) is 1.14. The standard InChI is InChI=1S/C7H17ClOSi/c1-5-6(8)10-9-7(2,3)4/h6H,5,10H2,1-4H3. The van der Waals surface area contributed by atoms with Gasteiger partial charge in [0.15, 0.2) is 9.76 Å². The molecule has 0 aromatic carbocycles. The van der Waals surface area contributed by atoms with Gasteiger partial charge in [-0.05, 0) is 27.2 Å². The molecule has 1 nitrogen and oxygen atoms in total. The smallest absolute Gasteiger partial charge is 0.179 e. The molecule has 1 unspecified atom stereocenters. The summed E-state index contributed by atoms with van der Waals surface area (Å²) in [6.45, 7) is 8.30. The average Bonchev–Trinajstić information content (AvgIpc) is 1.81. The molecule has 0 aliphatic carbocycles. The van der Waals surface area contributed by atoms with E-state index in [-0.39, 0.29) is 5.60 Å². The Kier molecular flexibility index (Phi) is 4.57. The van der Waals surface area contributed by atoms with Crippen LogP contribution in [-0.4, -0.2) is 20.4 Å². The summed E-state index contributed by atoms with van der Waals surface area (Å²) >= 11 is 5.91. The van der Waals surface area contributed by atoms with Gasteiger partial charge >= 0.3 is 0 Å². The largest absolute Gasteiger partial charge is 0.418 e. The molecule has 3 heteroatoms. The number of hydrogen-bond acceptors (Lipinski definition) is 1. The van der Waals surface area contributed by atoms with Crippen molar-refractivity contribution in [2.45, 2.75) is 44.7 Å². The summed E-state index contributed by atoms with van der Waals surface area (Å²) in [5, 5.41) is 0.305. The fourth-order valence-corrected chi connectivity index (χ4v) is 1.56. The van der Waals surface area contributed by atoms with Gasteiger partial charge < -0.3 is 4.43 Å². The molecule has 0 amide bonds. The van der Waals surface area contributed by atoms with Gasteiger partial charge in [-0.2, -0.15) is 0 Å². The van der Waals surface area contributed by atoms with Crippen molar-refractivity contribution in [2.24, 2.45) is 0 Å². The van der Waals surface area contributed by atoms with Crippen molar-refractivity contribution < 1.29 is 4.43 Å². The maximum atomic E-state index is 5.91. The second kappa shape index (κ2) is 4.37. The fraction of sp³-hybridized carbons (Fsp3) is 1.00. The van der Waals surface area contributed by atoms with Crippen molar-refractivity contribution in [3.8, 4) is 0 Å². The molecule has 0 rings (SSSR count). The second-order valence-corrected chi connectivity index (χ2v) is 6.17. The van der Waals surface area contributed by atoms with E-state index >= 15 is 0 Å². The topological polar surface area (TPSA) is 9.23 Å². The molecular formula is C7H17ClOSi. The van der Waals surface area contributed by atoms with Crippen LogP contribution in [0.25, 0.3) is 0 Å². The van der Waals surface area contributed by atoms with Crippen molar-refractivity contribution >= 4 is 21.4 Å². The van der Waals surface area contributed by atoms with Crippen LogP contribution in [0.4, 0.5) is 0 Å². The molecule has 0 aliphatic heterocycles. The normalized spacial score (nSPS) is 16.5. The van der Waals surface area contributed by atoms with Crippen LogP contribution < -0.4 is 0 Å². The highest BCUT2D eigenvalue weighted by atomic mass is 35.5. The SMILES string of the molecule is CCC(Cl)[SiH2]OC(C)(C)C. The average molecular weight is 181 g/mol. The lowest BCUT2D eigenvalue weighted by molar-refractivity contribution is 0.137. The minimum Gasteiger partial charge on any atom is -0.418 e. The zero-order chi connectivity index (χ0) is 8.20. The maximum absolute atomic E-state index is 5.91. The number of hydrogen-bond donors (Lipinski definition) is 0. The molecule has 0 radical (unpaired) electrons. The highest BCUT2D eigenvalue weighted by Crippen LogP contribution is 2.08. The van der Waals surface area contributed by atoms with Gasteiger partial charge in [0.1, 0.15) is 0 Å². The molecule has 0 bridgehead atoms. The summed E-state index contributed by atoms with van der Waals surface area (Å²) in [7, 11) is -0.503. The second-order valence-electron chi connectivity index (χ2n) is 3.43. The van der Waals surface area contributed by atoms with Crippen LogP contribution in [0.3, 0.4) is 0 Å². The summed E-state index contributed by atoms with van der Waals surface area (Å²) in [5.41, 5.74) is 0.00846. The van der Waals surface area contributed by atoms with Crippen LogP contribution in [0.1, 0.15) is 34.1 Å². The van der Waals surface area contributed by atoms with Gasteiger partial charge in [-0.25, -0.2) is 0 Å². The van der Waals surface area contributed by atoms with E-state index in [0.717, 1.165) is 6.42 Å². The highest BCUT2D eigenvalue weighted by molar-refractivity contribution is 6.48. The lowest BCUT2D eigenvalue weighted by Gasteiger charge is -2.21. The van der Waals surface area contributed by atoms with Gasteiger partial charge in [-0.15, -0.1) is 11.6 Å². The molecule has 0 spiro atoms. The van der Waals surface area contributed by atoms with E-state index in [4.69, 9.17) is 16.0 Å². The summed E-state index contributed by atoms with van der Waals surface area (Å²) < 4.78 is 5.59. The Morgan fingerprint density at radius 1 is 1.50 bits per heavy atom. The molecule has 0 N–H and O–H groups in total. The number of alkyl halides is 1. The van der Waals surface area contributed by atoms with E-state index in [0.29, 0.717) is 5.00 Å². The zero-order valence-electron chi connectivity index (χ0n) is 7.28. The molecular weight excluding hydrogens is 164 g/mol. The van der Waals surface area contributed by atoms with Gasteiger partial charge in [0.25, 0.3) is 0 Å². The molecule has 0 aromatic heterocycles. The molecule has 10 heavy (non-hydrogen) atoms. The fourth-order valence-electron chi connectivity index (χ4n) is 0.458. The Balaban J connectivity index is 3.36. The zero-order valence-corrected chi connectivity index (χ0v) is 9.45. The molecule has 0 aliphatic rings. The predicted octanol–water partition coefficient (Wildman–Crippen LogP) is 1.86. The van der Waals surface area contributed by atoms with E-state index in [1.54, 1.807) is 0 Å². The van der Waals surface area contributed by atoms with Gasteiger partial charge in [0.05, 0.1) is 0 Å². The minimum atomic E-state index is -0.503. The van der Waals surface area contributed by atoms with Crippen LogP contribution in [0.2, 0.25) is 0 Å². The number of halogens is 1. The van der Waals surface area contributed by atoms with E-state index in [1.165, 1.54) is 0 Å². The molecule has 0 saturated carbocycles. The quantitative estimate of drug-likeness (QED) is 0.476. The van der Waals surface area contributed by atoms with Crippen molar-refractivity contribution in [1.82, 2.24) is 0 Å². The first-order valence-corrected chi connectivity index (χ1v) is 5.56. The van der Waals surface area contributed by atoms with Gasteiger partial charge in [0, 0.05) is 10.6 Å². The van der Waals surface area contributed by atoms with Gasteiger partial charge in [-0.1, -0.05) is 6.92 Å². The first-order chi connectivity index (χ1) is 4.45. The Morgan fingerprint density at radius 3 is 2.30 bits per heavy atom. The van der Waals surface area contributed by atoms with Crippen LogP contribution in [0.15, 0.2) is 0 Å². The van der Waals surface area contributed by atoms with Crippen LogP contribution >= 0.6 is 11.6 Å². The molecule has 0 aromatic rings. The van der Waals surface area contributed by atoms with Crippen molar-refractivity contribution in [2.75, 3.05) is 0 Å². The summed E-state index contributed by atoms with van der Waals surface area (Å²) in [6, 6.07) is 0. The molecule has 0 heterocycles. The Labute approximate surface area is 71.0 Å². The number of rotatable bonds is 3. The van der Waals surface area contributed by atoms with Crippen LogP contribution in [-0.2, 0) is 4.43 Å². The Hall–Kier alpha value is 0.467. The summed E-state index contributed by atoms with van der Waals surface area (Å²) in [4.78, 5) is 0. The Bertz CT molecular complexity index is 90.1. The van der Waals surface area contributed by atoms with Crippen molar-refractivity contribution in [3.05, 3.63) is 0 Å². The molecule has 1 atom stereocenters. The monoisotopic (exact) mass is 180 g/mol. The van der Waals surface area contributed by atoms with Crippen LogP contribution in [0.5, 0.6) is 0 Å². The first kappa shape index (κ1) is 10.5. The molecule has 62 valence electrons. The van der Waals surface area contributed by atoms with E-state index in [9.17, 15) is 0 Å². The first-order valence-electron chi connectivity index (χ1n) is 3.73. The molecule has 0 saturated heterocycles. The van der Waals surface area contributed by atoms with E-state index < -0.39 is 9.76 Å².